The molecule has 0 unspecified atom stereocenters. The van der Waals surface area contributed by atoms with E-state index in [1.54, 1.807) is 24.4 Å². The van der Waals surface area contributed by atoms with Crippen molar-refractivity contribution in [1.29, 1.82) is 5.26 Å². The number of nitrogen functional groups attached to an aromatic ring is 1. The van der Waals surface area contributed by atoms with Crippen LogP contribution < -0.4 is 15.8 Å². The summed E-state index contributed by atoms with van der Waals surface area (Å²) in [5, 5.41) is 11.8. The molecule has 2 aromatic rings. The second kappa shape index (κ2) is 6.26. The summed E-state index contributed by atoms with van der Waals surface area (Å²) in [6.07, 6.45) is 1.59. The van der Waals surface area contributed by atoms with Gasteiger partial charge in [0.05, 0.1) is 23.9 Å². The average Bonchev–Trinajstić information content (AvgIpc) is 2.45. The van der Waals surface area contributed by atoms with Crippen LogP contribution in [0.25, 0.3) is 0 Å². The van der Waals surface area contributed by atoms with E-state index in [4.69, 9.17) is 15.7 Å². The first-order valence-corrected chi connectivity index (χ1v) is 5.87. The molecule has 0 aliphatic rings. The molecule has 1 heterocycles. The molecule has 0 aliphatic carbocycles. The molecular weight excluding hydrogens is 240 g/mol. The van der Waals surface area contributed by atoms with E-state index in [0.29, 0.717) is 36.0 Å². The van der Waals surface area contributed by atoms with Gasteiger partial charge in [0.25, 0.3) is 0 Å². The topological polar surface area (TPSA) is 84.0 Å². The van der Waals surface area contributed by atoms with Crippen LogP contribution in [0.5, 0.6) is 5.75 Å². The van der Waals surface area contributed by atoms with Gasteiger partial charge in [0.1, 0.15) is 18.2 Å². The van der Waals surface area contributed by atoms with Crippen LogP contribution in [-0.2, 0) is 0 Å². The summed E-state index contributed by atoms with van der Waals surface area (Å²) >= 11 is 0. The third kappa shape index (κ3) is 3.61. The number of para-hydroxylation sites is 2. The van der Waals surface area contributed by atoms with Crippen molar-refractivity contribution < 1.29 is 4.74 Å². The van der Waals surface area contributed by atoms with Gasteiger partial charge in [-0.3, -0.25) is 0 Å². The minimum absolute atomic E-state index is 0.465. The SMILES string of the molecule is N#Cc1ccnc(NCCOc2ccccc2N)c1. The largest absolute Gasteiger partial charge is 0.490 e. The predicted molar refractivity (Wildman–Crippen MR) is 73.8 cm³/mol. The summed E-state index contributed by atoms with van der Waals surface area (Å²) in [6, 6.07) is 12.8. The Balaban J connectivity index is 1.81. The van der Waals surface area contributed by atoms with Crippen LogP contribution in [-0.4, -0.2) is 18.1 Å². The van der Waals surface area contributed by atoms with Crippen molar-refractivity contribution in [2.75, 3.05) is 24.2 Å². The summed E-state index contributed by atoms with van der Waals surface area (Å²) in [5.74, 6) is 1.33. The minimum Gasteiger partial charge on any atom is -0.490 e. The number of nitrogens with one attached hydrogen (secondary N) is 1. The van der Waals surface area contributed by atoms with Crippen LogP contribution in [0.4, 0.5) is 11.5 Å². The molecule has 2 rings (SSSR count). The van der Waals surface area contributed by atoms with Crippen molar-refractivity contribution in [3.8, 4) is 11.8 Å². The summed E-state index contributed by atoms with van der Waals surface area (Å²) in [4.78, 5) is 4.11. The Morgan fingerprint density at radius 1 is 1.32 bits per heavy atom. The van der Waals surface area contributed by atoms with Crippen LogP contribution in [0.1, 0.15) is 5.56 Å². The molecule has 0 fully saturated rings. The lowest BCUT2D eigenvalue weighted by molar-refractivity contribution is 0.334. The lowest BCUT2D eigenvalue weighted by Crippen LogP contribution is -2.12. The molecule has 3 N–H and O–H groups in total. The summed E-state index contributed by atoms with van der Waals surface area (Å²) in [6.45, 7) is 1.04. The number of hydrogen-bond acceptors (Lipinski definition) is 5. The maximum atomic E-state index is 8.77. The van der Waals surface area contributed by atoms with E-state index in [1.807, 2.05) is 18.2 Å². The van der Waals surface area contributed by atoms with Crippen molar-refractivity contribution in [3.05, 3.63) is 48.2 Å². The highest BCUT2D eigenvalue weighted by Crippen LogP contribution is 2.19. The fraction of sp³-hybridized carbons (Fsp3) is 0.143. The van der Waals surface area contributed by atoms with Crippen LogP contribution in [0.2, 0.25) is 0 Å². The number of rotatable bonds is 5. The Labute approximate surface area is 111 Å². The second-order valence-electron chi connectivity index (χ2n) is 3.85. The Kier molecular flexibility index (Phi) is 4.19. The van der Waals surface area contributed by atoms with E-state index in [2.05, 4.69) is 16.4 Å². The molecule has 0 aliphatic heterocycles. The molecule has 1 aromatic carbocycles. The van der Waals surface area contributed by atoms with Gasteiger partial charge < -0.3 is 15.8 Å². The predicted octanol–water partition coefficient (Wildman–Crippen LogP) is 2.03. The number of ether oxygens (including phenoxy) is 1. The molecule has 0 spiro atoms. The first-order valence-electron chi connectivity index (χ1n) is 5.87. The monoisotopic (exact) mass is 254 g/mol. The van der Waals surface area contributed by atoms with Gasteiger partial charge >= 0.3 is 0 Å². The van der Waals surface area contributed by atoms with Gasteiger partial charge in [0.15, 0.2) is 0 Å². The van der Waals surface area contributed by atoms with Crippen LogP contribution in [0, 0.1) is 11.3 Å². The second-order valence-corrected chi connectivity index (χ2v) is 3.85. The third-order valence-electron chi connectivity index (χ3n) is 2.47. The van der Waals surface area contributed by atoms with Crippen molar-refractivity contribution in [3.63, 3.8) is 0 Å². The zero-order chi connectivity index (χ0) is 13.5. The number of nitrogens with two attached hydrogens (primary N) is 1. The molecule has 19 heavy (non-hydrogen) atoms. The molecule has 0 saturated carbocycles. The zero-order valence-electron chi connectivity index (χ0n) is 10.3. The van der Waals surface area contributed by atoms with E-state index >= 15 is 0 Å². The maximum absolute atomic E-state index is 8.77. The third-order valence-corrected chi connectivity index (χ3v) is 2.47. The van der Waals surface area contributed by atoms with Crippen LogP contribution in [0.15, 0.2) is 42.6 Å². The number of pyridine rings is 1. The highest BCUT2D eigenvalue weighted by molar-refractivity contribution is 5.51. The Bertz CT molecular complexity index is 592. The first kappa shape index (κ1) is 12.7. The molecular formula is C14H14N4O. The molecule has 5 heteroatoms. The minimum atomic E-state index is 0.465. The fourth-order valence-electron chi connectivity index (χ4n) is 1.55. The van der Waals surface area contributed by atoms with E-state index < -0.39 is 0 Å². The Hall–Kier alpha value is -2.74. The van der Waals surface area contributed by atoms with Crippen LogP contribution in [0.3, 0.4) is 0 Å². The number of hydrogen-bond donors (Lipinski definition) is 2. The molecule has 0 bridgehead atoms. The number of nitrogens with zero attached hydrogens (tertiary/aromatic N) is 2. The van der Waals surface area contributed by atoms with Crippen molar-refractivity contribution in [1.82, 2.24) is 4.98 Å². The van der Waals surface area contributed by atoms with E-state index in [0.717, 1.165) is 0 Å². The first-order chi connectivity index (χ1) is 9.29. The van der Waals surface area contributed by atoms with E-state index in [1.165, 1.54) is 0 Å². The molecule has 96 valence electrons. The number of nitriles is 1. The lowest BCUT2D eigenvalue weighted by atomic mass is 10.3. The van der Waals surface area contributed by atoms with Gasteiger partial charge in [-0.25, -0.2) is 4.98 Å². The van der Waals surface area contributed by atoms with Crippen molar-refractivity contribution in [2.24, 2.45) is 0 Å². The normalized spacial score (nSPS) is 9.63. The summed E-state index contributed by atoms with van der Waals surface area (Å²) < 4.78 is 5.53. The molecule has 5 nitrogen and oxygen atoms in total. The molecule has 0 atom stereocenters. The maximum Gasteiger partial charge on any atom is 0.142 e. The Morgan fingerprint density at radius 2 is 2.16 bits per heavy atom. The Morgan fingerprint density at radius 3 is 2.95 bits per heavy atom. The quantitative estimate of drug-likeness (QED) is 0.630. The smallest absolute Gasteiger partial charge is 0.142 e. The van der Waals surface area contributed by atoms with Crippen molar-refractivity contribution in [2.45, 2.75) is 0 Å². The number of aromatic nitrogens is 1. The average molecular weight is 254 g/mol. The number of anilines is 2. The van der Waals surface area contributed by atoms with Gasteiger partial charge in [-0.2, -0.15) is 5.26 Å². The lowest BCUT2D eigenvalue weighted by Gasteiger charge is -2.09. The van der Waals surface area contributed by atoms with Gasteiger partial charge in [0.2, 0.25) is 0 Å². The number of benzene rings is 1. The van der Waals surface area contributed by atoms with E-state index in [9.17, 15) is 0 Å². The van der Waals surface area contributed by atoms with Crippen molar-refractivity contribution >= 4 is 11.5 Å². The van der Waals surface area contributed by atoms with Crippen LogP contribution >= 0.6 is 0 Å². The van der Waals surface area contributed by atoms with Gasteiger partial charge in [0, 0.05) is 6.20 Å². The molecule has 0 radical (unpaired) electrons. The summed E-state index contributed by atoms with van der Waals surface area (Å²) in [5.41, 5.74) is 6.95. The molecule has 0 amide bonds. The van der Waals surface area contributed by atoms with E-state index in [-0.39, 0.29) is 0 Å². The van der Waals surface area contributed by atoms with Gasteiger partial charge in [-0.05, 0) is 24.3 Å². The fourth-order valence-corrected chi connectivity index (χ4v) is 1.55. The highest BCUT2D eigenvalue weighted by atomic mass is 16.5. The zero-order valence-corrected chi connectivity index (χ0v) is 10.3. The van der Waals surface area contributed by atoms with Gasteiger partial charge in [-0.15, -0.1) is 0 Å². The summed E-state index contributed by atoms with van der Waals surface area (Å²) in [7, 11) is 0. The van der Waals surface area contributed by atoms with Gasteiger partial charge in [-0.1, -0.05) is 12.1 Å². The highest BCUT2D eigenvalue weighted by Gasteiger charge is 1.99. The molecule has 0 saturated heterocycles. The molecule has 1 aromatic heterocycles. The standard InChI is InChI=1S/C14H14N4O/c15-10-11-5-6-17-14(9-11)18-7-8-19-13-4-2-1-3-12(13)16/h1-6,9H,7-8,16H2,(H,17,18).